The first-order valence-corrected chi connectivity index (χ1v) is 8.62. The molecule has 0 unspecified atom stereocenters. The van der Waals surface area contributed by atoms with Gasteiger partial charge in [0.1, 0.15) is 11.5 Å². The van der Waals surface area contributed by atoms with E-state index in [2.05, 4.69) is 17.2 Å². The quantitative estimate of drug-likeness (QED) is 0.676. The highest BCUT2D eigenvalue weighted by molar-refractivity contribution is 5.97. The minimum Gasteiger partial charge on any atom is -0.457 e. The first-order chi connectivity index (χ1) is 13.6. The molecule has 0 bridgehead atoms. The zero-order chi connectivity index (χ0) is 19.8. The molecule has 28 heavy (non-hydrogen) atoms. The Morgan fingerprint density at radius 3 is 2.29 bits per heavy atom. The topological polar surface area (TPSA) is 81.4 Å². The predicted octanol–water partition coefficient (Wildman–Crippen LogP) is 3.36. The van der Waals surface area contributed by atoms with Crippen LogP contribution in [0.15, 0.2) is 78.9 Å². The fourth-order valence-electron chi connectivity index (χ4n) is 2.44. The third-order valence-corrected chi connectivity index (χ3v) is 3.84. The summed E-state index contributed by atoms with van der Waals surface area (Å²) < 4.78 is 5.80. The number of para-hydroxylation sites is 2. The number of ether oxygens (including phenoxy) is 1. The number of carbonyl (C=O) groups excluding carboxylic acids is 2. The Morgan fingerprint density at radius 2 is 1.57 bits per heavy atom. The number of benzene rings is 3. The molecule has 2 amide bonds. The number of primary amides is 1. The molecule has 0 atom stereocenters. The fourth-order valence-corrected chi connectivity index (χ4v) is 2.44. The summed E-state index contributed by atoms with van der Waals surface area (Å²) in [5.41, 5.74) is 6.79. The van der Waals surface area contributed by atoms with Crippen LogP contribution in [0.3, 0.4) is 0 Å². The zero-order valence-corrected chi connectivity index (χ0v) is 15.0. The Hall–Kier alpha value is -4.04. The molecular formula is C23H18N2O3. The third kappa shape index (κ3) is 4.99. The lowest BCUT2D eigenvalue weighted by Gasteiger charge is -2.10. The summed E-state index contributed by atoms with van der Waals surface area (Å²) in [6.45, 7) is 0.177. The molecule has 0 spiro atoms. The number of nitrogens with one attached hydrogen (secondary N) is 1. The van der Waals surface area contributed by atoms with Crippen LogP contribution in [-0.4, -0.2) is 18.4 Å². The second-order valence-electron chi connectivity index (χ2n) is 5.84. The van der Waals surface area contributed by atoms with Gasteiger partial charge in [0.05, 0.1) is 12.1 Å². The van der Waals surface area contributed by atoms with E-state index in [0.29, 0.717) is 22.6 Å². The van der Waals surface area contributed by atoms with Gasteiger partial charge in [-0.15, -0.1) is 0 Å². The molecule has 0 aliphatic rings. The standard InChI is InChI=1S/C23H18N2O3/c24-22(26)18-14-12-17(13-15-18)7-6-16-25-23(27)20-10-4-5-11-21(20)28-19-8-2-1-3-9-19/h1-5,8-15H,16H2,(H2,24,26)(H,25,27). The van der Waals surface area contributed by atoms with Gasteiger partial charge < -0.3 is 15.8 Å². The number of amides is 2. The summed E-state index contributed by atoms with van der Waals surface area (Å²) in [7, 11) is 0. The van der Waals surface area contributed by atoms with Crippen molar-refractivity contribution in [1.82, 2.24) is 5.32 Å². The van der Waals surface area contributed by atoms with Gasteiger partial charge in [0, 0.05) is 11.1 Å². The van der Waals surface area contributed by atoms with Crippen LogP contribution in [0.1, 0.15) is 26.3 Å². The van der Waals surface area contributed by atoms with Crippen molar-refractivity contribution in [1.29, 1.82) is 0 Å². The lowest BCUT2D eigenvalue weighted by molar-refractivity contribution is 0.0955. The van der Waals surface area contributed by atoms with Gasteiger partial charge in [-0.1, -0.05) is 42.2 Å². The molecule has 0 radical (unpaired) electrons. The lowest BCUT2D eigenvalue weighted by Crippen LogP contribution is -2.24. The molecular weight excluding hydrogens is 352 g/mol. The number of hydrogen-bond donors (Lipinski definition) is 2. The Morgan fingerprint density at radius 1 is 0.893 bits per heavy atom. The van der Waals surface area contributed by atoms with E-state index in [1.54, 1.807) is 42.5 Å². The highest BCUT2D eigenvalue weighted by Gasteiger charge is 2.11. The molecule has 0 aromatic heterocycles. The van der Waals surface area contributed by atoms with Crippen LogP contribution in [0.25, 0.3) is 0 Å². The molecule has 3 N–H and O–H groups in total. The molecule has 3 aromatic rings. The molecule has 0 saturated heterocycles. The van der Waals surface area contributed by atoms with E-state index in [9.17, 15) is 9.59 Å². The van der Waals surface area contributed by atoms with Crippen LogP contribution >= 0.6 is 0 Å². The summed E-state index contributed by atoms with van der Waals surface area (Å²) in [5.74, 6) is 6.18. The molecule has 5 nitrogen and oxygen atoms in total. The van der Waals surface area contributed by atoms with Crippen molar-refractivity contribution < 1.29 is 14.3 Å². The lowest BCUT2D eigenvalue weighted by atomic mass is 10.1. The first kappa shape index (κ1) is 18.7. The maximum absolute atomic E-state index is 12.5. The van der Waals surface area contributed by atoms with E-state index < -0.39 is 5.91 Å². The maximum Gasteiger partial charge on any atom is 0.255 e. The smallest absolute Gasteiger partial charge is 0.255 e. The predicted molar refractivity (Wildman–Crippen MR) is 107 cm³/mol. The van der Waals surface area contributed by atoms with Crippen LogP contribution in [0.5, 0.6) is 11.5 Å². The Kier molecular flexibility index (Phi) is 6.06. The molecule has 138 valence electrons. The third-order valence-electron chi connectivity index (χ3n) is 3.84. The molecule has 0 fully saturated rings. The van der Waals surface area contributed by atoms with Gasteiger partial charge in [0.25, 0.3) is 5.91 Å². The van der Waals surface area contributed by atoms with Crippen molar-refractivity contribution in [2.75, 3.05) is 6.54 Å². The van der Waals surface area contributed by atoms with Gasteiger partial charge in [-0.05, 0) is 48.5 Å². The summed E-state index contributed by atoms with van der Waals surface area (Å²) in [6.07, 6.45) is 0. The molecule has 0 heterocycles. The van der Waals surface area contributed by atoms with Crippen molar-refractivity contribution in [2.45, 2.75) is 0 Å². The van der Waals surface area contributed by atoms with Crippen LogP contribution in [0, 0.1) is 11.8 Å². The maximum atomic E-state index is 12.5. The summed E-state index contributed by atoms with van der Waals surface area (Å²) in [4.78, 5) is 23.5. The Balaban J connectivity index is 1.62. The molecule has 0 aliphatic carbocycles. The molecule has 3 rings (SSSR count). The summed E-state index contributed by atoms with van der Waals surface area (Å²) in [5, 5.41) is 2.76. The molecule has 0 aliphatic heterocycles. The van der Waals surface area contributed by atoms with E-state index in [1.807, 2.05) is 36.4 Å². The Bertz CT molecular complexity index is 1030. The van der Waals surface area contributed by atoms with Crippen LogP contribution in [-0.2, 0) is 0 Å². The molecule has 3 aromatic carbocycles. The number of nitrogens with two attached hydrogens (primary N) is 1. The monoisotopic (exact) mass is 370 g/mol. The number of hydrogen-bond acceptors (Lipinski definition) is 3. The van der Waals surface area contributed by atoms with Crippen LogP contribution < -0.4 is 15.8 Å². The summed E-state index contributed by atoms with van der Waals surface area (Å²) >= 11 is 0. The van der Waals surface area contributed by atoms with Crippen molar-refractivity contribution >= 4 is 11.8 Å². The van der Waals surface area contributed by atoms with Gasteiger partial charge in [-0.2, -0.15) is 0 Å². The highest BCUT2D eigenvalue weighted by Crippen LogP contribution is 2.24. The normalized spacial score (nSPS) is 9.71. The van der Waals surface area contributed by atoms with Crippen molar-refractivity contribution in [3.63, 3.8) is 0 Å². The van der Waals surface area contributed by atoms with E-state index in [4.69, 9.17) is 10.5 Å². The van der Waals surface area contributed by atoms with Gasteiger partial charge in [-0.25, -0.2) is 0 Å². The minimum atomic E-state index is -0.483. The van der Waals surface area contributed by atoms with Gasteiger partial charge in [0.2, 0.25) is 5.91 Å². The second kappa shape index (κ2) is 9.06. The van der Waals surface area contributed by atoms with Crippen LogP contribution in [0.4, 0.5) is 0 Å². The minimum absolute atomic E-state index is 0.177. The SMILES string of the molecule is NC(=O)c1ccc(C#CCNC(=O)c2ccccc2Oc2ccccc2)cc1. The molecule has 5 heteroatoms. The van der Waals surface area contributed by atoms with E-state index in [1.165, 1.54) is 0 Å². The average molecular weight is 370 g/mol. The zero-order valence-electron chi connectivity index (χ0n) is 15.0. The second-order valence-corrected chi connectivity index (χ2v) is 5.84. The Labute approximate surface area is 163 Å². The largest absolute Gasteiger partial charge is 0.457 e. The van der Waals surface area contributed by atoms with E-state index in [0.717, 1.165) is 5.56 Å². The highest BCUT2D eigenvalue weighted by atomic mass is 16.5. The average Bonchev–Trinajstić information content (AvgIpc) is 2.72. The van der Waals surface area contributed by atoms with E-state index >= 15 is 0 Å². The van der Waals surface area contributed by atoms with Crippen LogP contribution in [0.2, 0.25) is 0 Å². The first-order valence-electron chi connectivity index (χ1n) is 8.62. The summed E-state index contributed by atoms with van der Waals surface area (Å²) in [6, 6.07) is 22.9. The fraction of sp³-hybridized carbons (Fsp3) is 0.0435. The van der Waals surface area contributed by atoms with Crippen molar-refractivity contribution in [3.05, 3.63) is 95.6 Å². The van der Waals surface area contributed by atoms with Crippen molar-refractivity contribution in [3.8, 4) is 23.3 Å². The van der Waals surface area contributed by atoms with Gasteiger partial charge in [-0.3, -0.25) is 9.59 Å². The molecule has 0 saturated carbocycles. The number of rotatable bonds is 5. The van der Waals surface area contributed by atoms with E-state index in [-0.39, 0.29) is 12.5 Å². The van der Waals surface area contributed by atoms with Crippen molar-refractivity contribution in [2.24, 2.45) is 5.73 Å². The number of carbonyl (C=O) groups is 2. The van der Waals surface area contributed by atoms with Gasteiger partial charge >= 0.3 is 0 Å². The van der Waals surface area contributed by atoms with Gasteiger partial charge in [0.15, 0.2) is 0 Å².